The molecule has 0 unspecified atom stereocenters. The van der Waals surface area contributed by atoms with Crippen molar-refractivity contribution < 1.29 is 28.3 Å². The number of amides is 1. The molecule has 2 rings (SSSR count). The third-order valence-electron chi connectivity index (χ3n) is 3.53. The van der Waals surface area contributed by atoms with Gasteiger partial charge in [-0.1, -0.05) is 0 Å². The Kier molecular flexibility index (Phi) is 6.51. The molecule has 2 heterocycles. The maximum absolute atomic E-state index is 12.1. The predicted molar refractivity (Wildman–Crippen MR) is 94.3 cm³/mol. The maximum Gasteiger partial charge on any atom is 0.342 e. The van der Waals surface area contributed by atoms with E-state index in [1.165, 1.54) is 11.3 Å². The van der Waals surface area contributed by atoms with Gasteiger partial charge in [0.2, 0.25) is 0 Å². The minimum Gasteiger partial charge on any atom is -0.466 e. The van der Waals surface area contributed by atoms with E-state index in [0.717, 1.165) is 0 Å². The second-order valence-corrected chi connectivity index (χ2v) is 6.32. The van der Waals surface area contributed by atoms with Crippen molar-refractivity contribution in [3.63, 3.8) is 0 Å². The molecule has 140 valence electrons. The molecule has 0 aliphatic heterocycles. The van der Waals surface area contributed by atoms with E-state index in [-0.39, 0.29) is 12.4 Å². The zero-order chi connectivity index (χ0) is 19.3. The molecule has 0 atom stereocenters. The highest BCUT2D eigenvalue weighted by molar-refractivity contribution is 7.13. The molecule has 0 aliphatic carbocycles. The highest BCUT2D eigenvalue weighted by Crippen LogP contribution is 2.21. The van der Waals surface area contributed by atoms with Crippen molar-refractivity contribution in [2.45, 2.75) is 34.1 Å². The molecular weight excluding hydrogens is 360 g/mol. The van der Waals surface area contributed by atoms with E-state index in [1.54, 1.807) is 33.1 Å². The zero-order valence-corrected chi connectivity index (χ0v) is 15.8. The summed E-state index contributed by atoms with van der Waals surface area (Å²) in [6.45, 7) is 6.74. The van der Waals surface area contributed by atoms with Crippen molar-refractivity contribution in [1.29, 1.82) is 0 Å². The van der Waals surface area contributed by atoms with Gasteiger partial charge in [-0.25, -0.2) is 9.78 Å². The summed E-state index contributed by atoms with van der Waals surface area (Å²) in [5.74, 6) is -0.435. The fourth-order valence-electron chi connectivity index (χ4n) is 2.26. The van der Waals surface area contributed by atoms with Crippen molar-refractivity contribution >= 4 is 34.3 Å². The van der Waals surface area contributed by atoms with Crippen LogP contribution < -0.4 is 5.32 Å². The molecule has 9 heteroatoms. The number of carbonyl (C=O) groups is 3. The average molecular weight is 380 g/mol. The minimum atomic E-state index is -0.617. The number of ether oxygens (including phenoxy) is 2. The SMILES string of the molecule is CCOC(=O)Cc1csc(NC(=O)COC(=O)c2c(C)oc(C)c2C)n1. The molecule has 1 amide bonds. The number of nitrogens with one attached hydrogen (secondary N) is 1. The third kappa shape index (κ3) is 4.92. The van der Waals surface area contributed by atoms with E-state index >= 15 is 0 Å². The number of aryl methyl sites for hydroxylation is 2. The molecule has 2 aromatic rings. The van der Waals surface area contributed by atoms with Gasteiger partial charge >= 0.3 is 11.9 Å². The van der Waals surface area contributed by atoms with Crippen LogP contribution in [0.25, 0.3) is 0 Å². The fraction of sp³-hybridized carbons (Fsp3) is 0.412. The number of esters is 2. The predicted octanol–water partition coefficient (Wildman–Crippen LogP) is 2.56. The first kappa shape index (κ1) is 19.6. The smallest absolute Gasteiger partial charge is 0.342 e. The van der Waals surface area contributed by atoms with Crippen molar-refractivity contribution in [3.8, 4) is 0 Å². The number of hydrogen-bond donors (Lipinski definition) is 1. The van der Waals surface area contributed by atoms with Crippen LogP contribution in [0, 0.1) is 20.8 Å². The maximum atomic E-state index is 12.1. The molecule has 0 bridgehead atoms. The molecule has 0 spiro atoms. The van der Waals surface area contributed by atoms with E-state index in [1.807, 2.05) is 0 Å². The number of aromatic nitrogens is 1. The van der Waals surface area contributed by atoms with E-state index in [9.17, 15) is 14.4 Å². The van der Waals surface area contributed by atoms with Gasteiger partial charge in [0, 0.05) is 10.9 Å². The summed E-state index contributed by atoms with van der Waals surface area (Å²) in [5.41, 5.74) is 1.53. The Hall–Kier alpha value is -2.68. The highest BCUT2D eigenvalue weighted by Gasteiger charge is 2.21. The zero-order valence-electron chi connectivity index (χ0n) is 15.0. The summed E-state index contributed by atoms with van der Waals surface area (Å²) in [4.78, 5) is 39.6. The summed E-state index contributed by atoms with van der Waals surface area (Å²) in [5, 5.41) is 4.49. The van der Waals surface area contributed by atoms with Crippen molar-refractivity contribution in [1.82, 2.24) is 4.98 Å². The number of rotatable bonds is 7. The first-order valence-corrected chi connectivity index (χ1v) is 8.83. The number of carbonyl (C=O) groups excluding carboxylic acids is 3. The quantitative estimate of drug-likeness (QED) is 0.736. The van der Waals surface area contributed by atoms with Gasteiger partial charge in [-0.15, -0.1) is 11.3 Å². The summed E-state index contributed by atoms with van der Waals surface area (Å²) in [6.07, 6.45) is 0.0353. The van der Waals surface area contributed by atoms with Crippen molar-refractivity contribution in [2.75, 3.05) is 18.5 Å². The number of anilines is 1. The first-order valence-electron chi connectivity index (χ1n) is 7.95. The molecule has 1 N–H and O–H groups in total. The molecule has 0 fully saturated rings. The van der Waals surface area contributed by atoms with Crippen LogP contribution in [0.15, 0.2) is 9.80 Å². The molecule has 0 saturated carbocycles. The monoisotopic (exact) mass is 380 g/mol. The second kappa shape index (κ2) is 8.61. The van der Waals surface area contributed by atoms with E-state index in [2.05, 4.69) is 10.3 Å². The standard InChI is InChI=1S/C17H20N2O6S/c1-5-23-14(21)6-12-8-26-17(18-12)19-13(20)7-24-16(22)15-9(2)10(3)25-11(15)4/h8H,5-7H2,1-4H3,(H,18,19,20). The first-order chi connectivity index (χ1) is 12.3. The van der Waals surface area contributed by atoms with Gasteiger partial charge in [-0.2, -0.15) is 0 Å². The van der Waals surface area contributed by atoms with Gasteiger partial charge < -0.3 is 13.9 Å². The van der Waals surface area contributed by atoms with E-state index in [0.29, 0.717) is 40.1 Å². The van der Waals surface area contributed by atoms with Crippen LogP contribution in [-0.2, 0) is 25.5 Å². The van der Waals surface area contributed by atoms with Gasteiger partial charge in [-0.05, 0) is 27.7 Å². The lowest BCUT2D eigenvalue weighted by Gasteiger charge is -2.05. The van der Waals surface area contributed by atoms with Crippen molar-refractivity contribution in [2.24, 2.45) is 0 Å². The molecule has 8 nitrogen and oxygen atoms in total. The molecule has 0 saturated heterocycles. The summed E-state index contributed by atoms with van der Waals surface area (Å²) < 4.78 is 15.2. The summed E-state index contributed by atoms with van der Waals surface area (Å²) in [7, 11) is 0. The van der Waals surface area contributed by atoms with Gasteiger partial charge in [0.15, 0.2) is 11.7 Å². The Labute approximate surface area is 154 Å². The van der Waals surface area contributed by atoms with Crippen molar-refractivity contribution in [3.05, 3.63) is 33.7 Å². The van der Waals surface area contributed by atoms with Crippen LogP contribution >= 0.6 is 11.3 Å². The Morgan fingerprint density at radius 3 is 2.54 bits per heavy atom. The van der Waals surface area contributed by atoms with Gasteiger partial charge in [0.05, 0.1) is 18.7 Å². The minimum absolute atomic E-state index is 0.0353. The Bertz CT molecular complexity index is 823. The van der Waals surface area contributed by atoms with E-state index in [4.69, 9.17) is 13.9 Å². The van der Waals surface area contributed by atoms with Crippen LogP contribution in [0.1, 0.15) is 40.1 Å². The van der Waals surface area contributed by atoms with Gasteiger partial charge in [0.1, 0.15) is 17.1 Å². The highest BCUT2D eigenvalue weighted by atomic mass is 32.1. The lowest BCUT2D eigenvalue weighted by molar-refractivity contribution is -0.142. The molecule has 2 aromatic heterocycles. The van der Waals surface area contributed by atoms with Gasteiger partial charge in [0.25, 0.3) is 5.91 Å². The van der Waals surface area contributed by atoms with Crippen LogP contribution in [0.3, 0.4) is 0 Å². The largest absolute Gasteiger partial charge is 0.466 e. The lowest BCUT2D eigenvalue weighted by Crippen LogP contribution is -2.21. The average Bonchev–Trinajstić information content (AvgIpc) is 3.09. The molecular formula is C17H20N2O6S. The van der Waals surface area contributed by atoms with Crippen LogP contribution in [0.2, 0.25) is 0 Å². The van der Waals surface area contributed by atoms with Gasteiger partial charge in [-0.3, -0.25) is 14.9 Å². The Balaban J connectivity index is 1.86. The number of thiazole rings is 1. The molecule has 26 heavy (non-hydrogen) atoms. The van der Waals surface area contributed by atoms with Crippen LogP contribution in [-0.4, -0.2) is 36.0 Å². The Morgan fingerprint density at radius 1 is 1.19 bits per heavy atom. The molecule has 0 aliphatic rings. The summed E-state index contributed by atoms with van der Waals surface area (Å²) in [6, 6.07) is 0. The second-order valence-electron chi connectivity index (χ2n) is 5.46. The van der Waals surface area contributed by atoms with Crippen LogP contribution in [0.4, 0.5) is 5.13 Å². The molecule has 0 radical (unpaired) electrons. The third-order valence-corrected chi connectivity index (χ3v) is 4.34. The number of hydrogen-bond acceptors (Lipinski definition) is 8. The topological polar surface area (TPSA) is 108 Å². The van der Waals surface area contributed by atoms with E-state index < -0.39 is 18.5 Å². The normalized spacial score (nSPS) is 10.5. The lowest BCUT2D eigenvalue weighted by atomic mass is 10.1. The summed E-state index contributed by atoms with van der Waals surface area (Å²) >= 11 is 1.17. The van der Waals surface area contributed by atoms with Crippen LogP contribution in [0.5, 0.6) is 0 Å². The molecule has 0 aromatic carbocycles. The fourth-order valence-corrected chi connectivity index (χ4v) is 2.98. The Morgan fingerprint density at radius 2 is 1.92 bits per heavy atom. The number of furan rings is 1. The number of nitrogens with zero attached hydrogens (tertiary/aromatic N) is 1.